The number of unbranched alkanes of at least 4 members (excludes halogenated alkanes) is 1. The van der Waals surface area contributed by atoms with Crippen molar-refractivity contribution < 1.29 is 13.9 Å². The minimum Gasteiger partial charge on any atom is -0.494 e. The third kappa shape index (κ3) is 4.70. The Morgan fingerprint density at radius 1 is 1.17 bits per heavy atom. The summed E-state index contributed by atoms with van der Waals surface area (Å²) in [5, 5.41) is 7.55. The van der Waals surface area contributed by atoms with Crippen molar-refractivity contribution in [2.75, 3.05) is 13.2 Å². The van der Waals surface area contributed by atoms with Crippen LogP contribution in [0.4, 0.5) is 4.39 Å². The summed E-state index contributed by atoms with van der Waals surface area (Å²) in [5.74, 6) is 0.702. The van der Waals surface area contributed by atoms with Crippen LogP contribution >= 0.6 is 0 Å². The number of aromatic nitrogens is 2. The number of amides is 1. The molecular weight excluding hydrogens is 381 g/mol. The van der Waals surface area contributed by atoms with E-state index in [1.807, 2.05) is 22.9 Å². The van der Waals surface area contributed by atoms with E-state index in [9.17, 15) is 9.18 Å². The molecule has 1 aliphatic rings. The monoisotopic (exact) mass is 407 g/mol. The van der Waals surface area contributed by atoms with Crippen molar-refractivity contribution in [1.29, 1.82) is 0 Å². The molecule has 1 heterocycles. The Labute approximate surface area is 175 Å². The molecule has 1 amide bonds. The summed E-state index contributed by atoms with van der Waals surface area (Å²) >= 11 is 0. The van der Waals surface area contributed by atoms with Crippen molar-refractivity contribution in [3.8, 4) is 11.4 Å². The van der Waals surface area contributed by atoms with Gasteiger partial charge in [0.05, 0.1) is 29.7 Å². The van der Waals surface area contributed by atoms with Crippen LogP contribution in [0.25, 0.3) is 5.69 Å². The highest BCUT2D eigenvalue weighted by Crippen LogP contribution is 2.42. The fourth-order valence-electron chi connectivity index (χ4n) is 3.52. The van der Waals surface area contributed by atoms with E-state index in [1.54, 1.807) is 18.3 Å². The average molecular weight is 407 g/mol. The maximum Gasteiger partial charge on any atom is 0.254 e. The molecule has 156 valence electrons. The average Bonchev–Trinajstić information content (AvgIpc) is 3.50. The van der Waals surface area contributed by atoms with Crippen molar-refractivity contribution in [1.82, 2.24) is 15.1 Å². The zero-order chi connectivity index (χ0) is 20.9. The van der Waals surface area contributed by atoms with E-state index in [-0.39, 0.29) is 11.7 Å². The highest BCUT2D eigenvalue weighted by Gasteiger charge is 2.33. The van der Waals surface area contributed by atoms with E-state index >= 15 is 0 Å². The maximum absolute atomic E-state index is 12.9. The van der Waals surface area contributed by atoms with Gasteiger partial charge in [0.25, 0.3) is 5.91 Å². The molecule has 0 unspecified atom stereocenters. The number of carbonyl (C=O) groups is 1. The molecule has 5 nitrogen and oxygen atoms in total. The molecule has 4 rings (SSSR count). The van der Waals surface area contributed by atoms with Crippen LogP contribution in [0.15, 0.2) is 54.7 Å². The molecule has 1 saturated carbocycles. The molecule has 0 spiro atoms. The van der Waals surface area contributed by atoms with Gasteiger partial charge in [-0.05, 0) is 68.5 Å². The standard InChI is InChI=1S/C24H26FN3O2/c1-17-6-2-3-7-22(17)28-23(18-8-9-18)21(16-27-28)24(29)26-14-4-5-15-30-20-12-10-19(25)11-13-20/h2-3,6-7,10-13,16,18H,4-5,8-9,14-15H2,1H3,(H,26,29). The summed E-state index contributed by atoms with van der Waals surface area (Å²) in [6.45, 7) is 3.16. The summed E-state index contributed by atoms with van der Waals surface area (Å²) in [6.07, 6.45) is 5.48. The molecule has 0 radical (unpaired) electrons. The number of para-hydroxylation sites is 1. The van der Waals surface area contributed by atoms with E-state index in [0.717, 1.165) is 42.6 Å². The Morgan fingerprint density at radius 2 is 1.93 bits per heavy atom. The van der Waals surface area contributed by atoms with Crippen molar-refractivity contribution in [3.63, 3.8) is 0 Å². The van der Waals surface area contributed by atoms with Crippen molar-refractivity contribution >= 4 is 5.91 Å². The maximum atomic E-state index is 12.9. The Bertz CT molecular complexity index is 1010. The van der Waals surface area contributed by atoms with Crippen molar-refractivity contribution in [2.45, 2.75) is 38.5 Å². The number of halogens is 1. The summed E-state index contributed by atoms with van der Waals surface area (Å²) in [6, 6.07) is 14.1. The van der Waals surface area contributed by atoms with Gasteiger partial charge in [-0.3, -0.25) is 4.79 Å². The number of aryl methyl sites for hydroxylation is 1. The summed E-state index contributed by atoms with van der Waals surface area (Å²) in [5.41, 5.74) is 3.84. The van der Waals surface area contributed by atoms with E-state index in [1.165, 1.54) is 12.1 Å². The Kier molecular flexibility index (Phi) is 6.12. The summed E-state index contributed by atoms with van der Waals surface area (Å²) < 4.78 is 20.4. The molecule has 3 aromatic rings. The molecule has 1 N–H and O–H groups in total. The summed E-state index contributed by atoms with van der Waals surface area (Å²) in [4.78, 5) is 12.8. The molecule has 6 heteroatoms. The van der Waals surface area contributed by atoms with Gasteiger partial charge in [-0.2, -0.15) is 5.10 Å². The molecule has 0 atom stereocenters. The van der Waals surface area contributed by atoms with E-state index in [2.05, 4.69) is 23.4 Å². The minimum absolute atomic E-state index is 0.0730. The molecule has 0 aliphatic heterocycles. The molecule has 1 fully saturated rings. The van der Waals surface area contributed by atoms with Crippen LogP contribution in [0, 0.1) is 12.7 Å². The normalized spacial score (nSPS) is 13.3. The lowest BCUT2D eigenvalue weighted by Crippen LogP contribution is -2.25. The van der Waals surface area contributed by atoms with E-state index in [0.29, 0.717) is 30.4 Å². The van der Waals surface area contributed by atoms with Gasteiger partial charge < -0.3 is 10.1 Å². The van der Waals surface area contributed by atoms with Gasteiger partial charge >= 0.3 is 0 Å². The van der Waals surface area contributed by atoms with Gasteiger partial charge in [-0.25, -0.2) is 9.07 Å². The predicted octanol–water partition coefficient (Wildman–Crippen LogP) is 4.79. The molecule has 1 aromatic heterocycles. The van der Waals surface area contributed by atoms with Crippen LogP contribution in [0.3, 0.4) is 0 Å². The number of rotatable bonds is 9. The van der Waals surface area contributed by atoms with Gasteiger partial charge in [0.1, 0.15) is 11.6 Å². The molecule has 0 bridgehead atoms. The first-order chi connectivity index (χ1) is 14.6. The zero-order valence-electron chi connectivity index (χ0n) is 17.1. The predicted molar refractivity (Wildman–Crippen MR) is 114 cm³/mol. The fraction of sp³-hybridized carbons (Fsp3) is 0.333. The number of carbonyl (C=O) groups excluding carboxylic acids is 1. The first-order valence-electron chi connectivity index (χ1n) is 10.4. The van der Waals surface area contributed by atoms with Crippen LogP contribution in [0.2, 0.25) is 0 Å². The van der Waals surface area contributed by atoms with Crippen molar-refractivity contribution in [3.05, 3.63) is 77.4 Å². The van der Waals surface area contributed by atoms with Gasteiger partial charge in [0.15, 0.2) is 0 Å². The number of benzene rings is 2. The Hall–Kier alpha value is -3.15. The van der Waals surface area contributed by atoms with Crippen LogP contribution < -0.4 is 10.1 Å². The fourth-order valence-corrected chi connectivity index (χ4v) is 3.52. The highest BCUT2D eigenvalue weighted by atomic mass is 19.1. The molecular formula is C24H26FN3O2. The molecule has 2 aromatic carbocycles. The van der Waals surface area contributed by atoms with Crippen LogP contribution in [-0.4, -0.2) is 28.8 Å². The van der Waals surface area contributed by atoms with Gasteiger partial charge in [0.2, 0.25) is 0 Å². The van der Waals surface area contributed by atoms with E-state index < -0.39 is 0 Å². The van der Waals surface area contributed by atoms with Gasteiger partial charge in [0, 0.05) is 12.5 Å². The van der Waals surface area contributed by atoms with Crippen LogP contribution in [0.5, 0.6) is 5.75 Å². The van der Waals surface area contributed by atoms with Gasteiger partial charge in [-0.15, -0.1) is 0 Å². The largest absolute Gasteiger partial charge is 0.494 e. The smallest absolute Gasteiger partial charge is 0.254 e. The third-order valence-corrected chi connectivity index (χ3v) is 5.30. The van der Waals surface area contributed by atoms with Crippen LogP contribution in [0.1, 0.15) is 53.2 Å². The SMILES string of the molecule is Cc1ccccc1-n1ncc(C(=O)NCCCCOc2ccc(F)cc2)c1C1CC1. The first-order valence-corrected chi connectivity index (χ1v) is 10.4. The second-order valence-electron chi connectivity index (χ2n) is 7.68. The lowest BCUT2D eigenvalue weighted by molar-refractivity contribution is 0.0951. The number of hydrogen-bond donors (Lipinski definition) is 1. The lowest BCUT2D eigenvalue weighted by atomic mass is 10.1. The quantitative estimate of drug-likeness (QED) is 0.519. The summed E-state index contributed by atoms with van der Waals surface area (Å²) in [7, 11) is 0. The second kappa shape index (κ2) is 9.11. The number of nitrogens with one attached hydrogen (secondary N) is 1. The van der Waals surface area contributed by atoms with Gasteiger partial charge in [-0.1, -0.05) is 18.2 Å². The highest BCUT2D eigenvalue weighted by molar-refractivity contribution is 5.95. The Morgan fingerprint density at radius 3 is 2.67 bits per heavy atom. The number of ether oxygens (including phenoxy) is 1. The number of nitrogens with zero attached hydrogens (tertiary/aromatic N) is 2. The molecule has 0 saturated heterocycles. The molecule has 30 heavy (non-hydrogen) atoms. The zero-order valence-corrected chi connectivity index (χ0v) is 17.1. The Balaban J connectivity index is 1.31. The molecule has 1 aliphatic carbocycles. The van der Waals surface area contributed by atoms with Crippen LogP contribution in [-0.2, 0) is 0 Å². The van der Waals surface area contributed by atoms with E-state index in [4.69, 9.17) is 4.74 Å². The third-order valence-electron chi connectivity index (χ3n) is 5.30. The number of hydrogen-bond acceptors (Lipinski definition) is 3. The topological polar surface area (TPSA) is 56.2 Å². The first kappa shape index (κ1) is 20.1. The lowest BCUT2D eigenvalue weighted by Gasteiger charge is -2.11. The minimum atomic E-state index is -0.277. The van der Waals surface area contributed by atoms with Crippen molar-refractivity contribution in [2.24, 2.45) is 0 Å². The second-order valence-corrected chi connectivity index (χ2v) is 7.68.